The molecule has 0 radical (unpaired) electrons. The average Bonchev–Trinajstić information content (AvgIpc) is 2.62. The van der Waals surface area contributed by atoms with Crippen LogP contribution in [0, 0.1) is 0 Å². The minimum atomic E-state index is -0.412. The third-order valence-electron chi connectivity index (χ3n) is 3.95. The molecule has 1 atom stereocenters. The lowest BCUT2D eigenvalue weighted by Gasteiger charge is -2.27. The summed E-state index contributed by atoms with van der Waals surface area (Å²) in [6.07, 6.45) is 0.632. The number of hydrogen-bond acceptors (Lipinski definition) is 4. The maximum absolute atomic E-state index is 12.4. The Hall–Kier alpha value is -2.80. The molecular formula is C18H19ClN4O3. The van der Waals surface area contributed by atoms with E-state index in [0.29, 0.717) is 29.6 Å². The molecule has 7 nitrogen and oxygen atoms in total. The Labute approximate surface area is 156 Å². The topological polar surface area (TPSA) is 83.6 Å². The Balaban J connectivity index is 1.70. The maximum atomic E-state index is 12.4. The Kier molecular flexibility index (Phi) is 5.27. The van der Waals surface area contributed by atoms with Gasteiger partial charge in [-0.05, 0) is 18.2 Å². The first-order chi connectivity index (χ1) is 12.5. The number of rotatable bonds is 3. The molecule has 26 heavy (non-hydrogen) atoms. The third-order valence-corrected chi connectivity index (χ3v) is 4.24. The number of benzene rings is 1. The summed E-state index contributed by atoms with van der Waals surface area (Å²) >= 11 is 6.15. The molecule has 136 valence electrons. The van der Waals surface area contributed by atoms with Crippen molar-refractivity contribution in [2.75, 3.05) is 26.0 Å². The van der Waals surface area contributed by atoms with Gasteiger partial charge in [0.2, 0.25) is 0 Å². The fourth-order valence-corrected chi connectivity index (χ4v) is 2.94. The molecule has 0 aliphatic carbocycles. The summed E-state index contributed by atoms with van der Waals surface area (Å²) in [6.45, 7) is 0.465. The number of fused-ring (bicyclic) bond motifs is 1. The van der Waals surface area contributed by atoms with Crippen LogP contribution >= 0.6 is 11.6 Å². The van der Waals surface area contributed by atoms with Crippen LogP contribution in [0.5, 0.6) is 5.75 Å². The number of carbonyl (C=O) groups excluding carboxylic acids is 2. The van der Waals surface area contributed by atoms with Gasteiger partial charge in [0.1, 0.15) is 17.3 Å². The molecule has 3 rings (SSSR count). The van der Waals surface area contributed by atoms with E-state index in [1.807, 2.05) is 12.1 Å². The third kappa shape index (κ3) is 3.88. The number of ether oxygens (including phenoxy) is 1. The highest BCUT2D eigenvalue weighted by Gasteiger charge is 2.24. The summed E-state index contributed by atoms with van der Waals surface area (Å²) in [6, 6.07) is 9.71. The van der Waals surface area contributed by atoms with Gasteiger partial charge in [0, 0.05) is 26.1 Å². The molecule has 8 heteroatoms. The summed E-state index contributed by atoms with van der Waals surface area (Å²) in [7, 11) is 3.29. The van der Waals surface area contributed by atoms with Crippen LogP contribution < -0.4 is 15.4 Å². The van der Waals surface area contributed by atoms with Crippen molar-refractivity contribution in [1.29, 1.82) is 0 Å². The minimum Gasteiger partial charge on any atom is -0.492 e. The van der Waals surface area contributed by atoms with E-state index in [-0.39, 0.29) is 17.6 Å². The first-order valence-corrected chi connectivity index (χ1v) is 8.51. The van der Waals surface area contributed by atoms with E-state index in [2.05, 4.69) is 15.6 Å². The number of carbonyl (C=O) groups is 2. The zero-order chi connectivity index (χ0) is 18.7. The van der Waals surface area contributed by atoms with Gasteiger partial charge in [0.05, 0.1) is 17.7 Å². The van der Waals surface area contributed by atoms with Gasteiger partial charge in [-0.15, -0.1) is 0 Å². The Bertz CT molecular complexity index is 841. The van der Waals surface area contributed by atoms with Crippen molar-refractivity contribution >= 4 is 29.4 Å². The molecule has 0 bridgehead atoms. The van der Waals surface area contributed by atoms with Crippen molar-refractivity contribution in [2.24, 2.45) is 0 Å². The maximum Gasteiger partial charge on any atom is 0.320 e. The molecule has 0 saturated heterocycles. The largest absolute Gasteiger partial charge is 0.492 e. The highest BCUT2D eigenvalue weighted by atomic mass is 35.5. The van der Waals surface area contributed by atoms with Crippen LogP contribution in [0.2, 0.25) is 5.02 Å². The fourth-order valence-electron chi connectivity index (χ4n) is 2.70. The van der Waals surface area contributed by atoms with Crippen molar-refractivity contribution < 1.29 is 14.3 Å². The van der Waals surface area contributed by atoms with Gasteiger partial charge in [0.25, 0.3) is 5.91 Å². The molecule has 0 saturated carbocycles. The number of urea groups is 1. The molecule has 0 spiro atoms. The predicted octanol–water partition coefficient (Wildman–Crippen LogP) is 3.08. The molecule has 0 unspecified atom stereocenters. The van der Waals surface area contributed by atoms with Crippen LogP contribution in [0.25, 0.3) is 0 Å². The lowest BCUT2D eigenvalue weighted by molar-refractivity contribution is 0.0822. The first kappa shape index (κ1) is 18.0. The second-order valence-corrected chi connectivity index (χ2v) is 6.46. The van der Waals surface area contributed by atoms with E-state index < -0.39 is 6.03 Å². The number of aromatic nitrogens is 1. The van der Waals surface area contributed by atoms with Gasteiger partial charge in [0.15, 0.2) is 0 Å². The number of nitrogens with zero attached hydrogens (tertiary/aromatic N) is 2. The van der Waals surface area contributed by atoms with E-state index >= 15 is 0 Å². The smallest absolute Gasteiger partial charge is 0.320 e. The van der Waals surface area contributed by atoms with Crippen molar-refractivity contribution in [3.8, 4) is 5.75 Å². The second kappa shape index (κ2) is 7.61. The molecule has 3 amide bonds. The summed E-state index contributed by atoms with van der Waals surface area (Å²) < 4.78 is 5.59. The van der Waals surface area contributed by atoms with Crippen LogP contribution in [0.3, 0.4) is 0 Å². The Morgan fingerprint density at radius 2 is 2.00 bits per heavy atom. The van der Waals surface area contributed by atoms with Gasteiger partial charge in [-0.2, -0.15) is 0 Å². The van der Waals surface area contributed by atoms with E-state index in [4.69, 9.17) is 16.3 Å². The highest BCUT2D eigenvalue weighted by Crippen LogP contribution is 2.37. The Morgan fingerprint density at radius 3 is 2.77 bits per heavy atom. The van der Waals surface area contributed by atoms with Crippen LogP contribution in [0.4, 0.5) is 10.6 Å². The van der Waals surface area contributed by atoms with Crippen LogP contribution in [-0.4, -0.2) is 42.5 Å². The molecular weight excluding hydrogens is 356 g/mol. The van der Waals surface area contributed by atoms with E-state index in [1.165, 1.54) is 4.90 Å². The summed E-state index contributed by atoms with van der Waals surface area (Å²) in [4.78, 5) is 29.9. The highest BCUT2D eigenvalue weighted by molar-refractivity contribution is 6.32. The number of nitrogens with one attached hydrogen (secondary N) is 2. The van der Waals surface area contributed by atoms with Gasteiger partial charge < -0.3 is 15.0 Å². The van der Waals surface area contributed by atoms with Gasteiger partial charge in [-0.1, -0.05) is 29.8 Å². The number of hydrogen-bond donors (Lipinski definition) is 2. The van der Waals surface area contributed by atoms with Crippen molar-refractivity contribution in [3.63, 3.8) is 0 Å². The molecule has 1 aromatic carbocycles. The van der Waals surface area contributed by atoms with Crippen molar-refractivity contribution in [1.82, 2.24) is 15.2 Å². The number of para-hydroxylation sites is 1. The normalized spacial score (nSPS) is 15.4. The van der Waals surface area contributed by atoms with Crippen LogP contribution in [0.1, 0.15) is 28.5 Å². The van der Waals surface area contributed by atoms with Gasteiger partial charge in [-0.25, -0.2) is 9.78 Å². The minimum absolute atomic E-state index is 0.218. The van der Waals surface area contributed by atoms with Gasteiger partial charge >= 0.3 is 6.03 Å². The number of amides is 3. The predicted molar refractivity (Wildman–Crippen MR) is 98.7 cm³/mol. The van der Waals surface area contributed by atoms with Crippen LogP contribution in [-0.2, 0) is 0 Å². The molecule has 2 aromatic rings. The van der Waals surface area contributed by atoms with Gasteiger partial charge in [-0.3, -0.25) is 10.1 Å². The van der Waals surface area contributed by atoms with E-state index in [9.17, 15) is 9.59 Å². The SMILES string of the molecule is CN(C)C(=O)c1cccc(NC(=O)N[C@H]2CCOc3c(Cl)cccc32)n1. The first-order valence-electron chi connectivity index (χ1n) is 8.13. The molecule has 1 aliphatic rings. The molecule has 2 heterocycles. The number of pyridine rings is 1. The average molecular weight is 375 g/mol. The second-order valence-electron chi connectivity index (χ2n) is 6.05. The molecule has 1 aliphatic heterocycles. The number of anilines is 1. The van der Waals surface area contributed by atoms with Crippen molar-refractivity contribution in [2.45, 2.75) is 12.5 Å². The van der Waals surface area contributed by atoms with E-state index in [0.717, 1.165) is 5.56 Å². The fraction of sp³-hybridized carbons (Fsp3) is 0.278. The van der Waals surface area contributed by atoms with E-state index in [1.54, 1.807) is 38.4 Å². The standard InChI is InChI=1S/C18H19ClN4O3/c1-23(2)17(24)14-7-4-8-15(20-14)22-18(25)21-13-9-10-26-16-11(13)5-3-6-12(16)19/h3-8,13H,9-10H2,1-2H3,(H2,20,21,22,25)/t13-/m0/s1. The number of halogens is 1. The lowest BCUT2D eigenvalue weighted by atomic mass is 10.0. The lowest BCUT2D eigenvalue weighted by Crippen LogP contribution is -2.35. The summed E-state index contributed by atoms with van der Waals surface area (Å²) in [5.74, 6) is 0.665. The zero-order valence-electron chi connectivity index (χ0n) is 14.5. The Morgan fingerprint density at radius 1 is 1.23 bits per heavy atom. The quantitative estimate of drug-likeness (QED) is 0.864. The van der Waals surface area contributed by atoms with Crippen LogP contribution in [0.15, 0.2) is 36.4 Å². The van der Waals surface area contributed by atoms with Crippen molar-refractivity contribution in [3.05, 3.63) is 52.7 Å². The summed E-state index contributed by atoms with van der Waals surface area (Å²) in [5.41, 5.74) is 1.10. The summed E-state index contributed by atoms with van der Waals surface area (Å²) in [5, 5.41) is 6.08. The monoisotopic (exact) mass is 374 g/mol. The molecule has 1 aromatic heterocycles. The molecule has 0 fully saturated rings. The molecule has 2 N–H and O–H groups in total. The zero-order valence-corrected chi connectivity index (χ0v) is 15.2.